The Kier molecular flexibility index (Phi) is 4.78. The molecule has 0 radical (unpaired) electrons. The maximum Gasteiger partial charge on any atom is 0.0701 e. The van der Waals surface area contributed by atoms with E-state index < -0.39 is 0 Å². The van der Waals surface area contributed by atoms with Crippen molar-refractivity contribution in [2.24, 2.45) is 12.8 Å². The largest absolute Gasteiger partial charge is 0.329 e. The number of rotatable bonds is 5. The van der Waals surface area contributed by atoms with Crippen molar-refractivity contribution in [2.75, 3.05) is 13.6 Å². The number of hydrogen-bond donors (Lipinski definition) is 1. The zero-order valence-corrected chi connectivity index (χ0v) is 13.8. The molecule has 0 amide bonds. The first-order valence-corrected chi connectivity index (χ1v) is 7.82. The third-order valence-electron chi connectivity index (χ3n) is 3.44. The van der Waals surface area contributed by atoms with E-state index in [-0.39, 0.29) is 6.04 Å². The van der Waals surface area contributed by atoms with Crippen LogP contribution in [0.4, 0.5) is 0 Å². The molecule has 19 heavy (non-hydrogen) atoms. The summed E-state index contributed by atoms with van der Waals surface area (Å²) in [7, 11) is 4.07. The second-order valence-electron chi connectivity index (χ2n) is 4.73. The zero-order valence-electron chi connectivity index (χ0n) is 11.4. The molecule has 1 atom stereocenters. The summed E-state index contributed by atoms with van der Waals surface area (Å²) in [5.74, 6) is 0. The maximum atomic E-state index is 5.96. The molecule has 2 aromatic heterocycles. The van der Waals surface area contributed by atoms with Crippen LogP contribution in [-0.2, 0) is 13.6 Å². The van der Waals surface area contributed by atoms with Gasteiger partial charge in [0.15, 0.2) is 0 Å². The van der Waals surface area contributed by atoms with E-state index in [1.807, 2.05) is 17.9 Å². The topological polar surface area (TPSA) is 47.1 Å². The number of aromatic nitrogens is 2. The van der Waals surface area contributed by atoms with E-state index >= 15 is 0 Å². The molecular weight excluding hydrogens is 324 g/mol. The molecular formula is C13H19BrN4S. The van der Waals surface area contributed by atoms with Crippen LogP contribution in [-0.4, -0.2) is 28.3 Å². The van der Waals surface area contributed by atoms with Crippen molar-refractivity contribution in [1.82, 2.24) is 14.7 Å². The van der Waals surface area contributed by atoms with Gasteiger partial charge in [-0.05, 0) is 46.9 Å². The summed E-state index contributed by atoms with van der Waals surface area (Å²) in [4.78, 5) is 2.28. The van der Waals surface area contributed by atoms with Crippen LogP contribution < -0.4 is 5.73 Å². The van der Waals surface area contributed by atoms with Gasteiger partial charge in [-0.3, -0.25) is 9.58 Å². The second kappa shape index (κ2) is 6.17. The van der Waals surface area contributed by atoms with Crippen molar-refractivity contribution in [3.05, 3.63) is 38.3 Å². The van der Waals surface area contributed by atoms with E-state index in [1.165, 1.54) is 16.8 Å². The lowest BCUT2D eigenvalue weighted by Crippen LogP contribution is -2.30. The molecule has 6 heteroatoms. The Morgan fingerprint density at radius 1 is 1.58 bits per heavy atom. The molecule has 0 aliphatic heterocycles. The first kappa shape index (κ1) is 14.7. The van der Waals surface area contributed by atoms with Gasteiger partial charge in [-0.25, -0.2) is 0 Å². The van der Waals surface area contributed by atoms with Gasteiger partial charge in [0.2, 0.25) is 0 Å². The number of hydrogen-bond acceptors (Lipinski definition) is 4. The van der Waals surface area contributed by atoms with Gasteiger partial charge < -0.3 is 5.73 Å². The van der Waals surface area contributed by atoms with E-state index in [4.69, 9.17) is 5.73 Å². The number of nitrogens with two attached hydrogens (primary N) is 1. The molecule has 2 aromatic rings. The summed E-state index contributed by atoms with van der Waals surface area (Å²) in [6.07, 6.45) is 1.92. The summed E-state index contributed by atoms with van der Waals surface area (Å²) in [5.41, 5.74) is 9.65. The highest BCUT2D eigenvalue weighted by molar-refractivity contribution is 9.11. The molecule has 0 bridgehead atoms. The third kappa shape index (κ3) is 3.25. The van der Waals surface area contributed by atoms with Gasteiger partial charge in [-0.15, -0.1) is 11.3 Å². The average molecular weight is 343 g/mol. The van der Waals surface area contributed by atoms with E-state index in [9.17, 15) is 0 Å². The second-order valence-corrected chi connectivity index (χ2v) is 7.03. The lowest BCUT2D eigenvalue weighted by atomic mass is 10.1. The van der Waals surface area contributed by atoms with Gasteiger partial charge in [-0.2, -0.15) is 5.10 Å². The molecule has 0 aromatic carbocycles. The molecule has 104 valence electrons. The summed E-state index contributed by atoms with van der Waals surface area (Å²) >= 11 is 5.21. The van der Waals surface area contributed by atoms with Crippen LogP contribution in [0.5, 0.6) is 0 Å². The number of aryl methyl sites for hydroxylation is 1. The van der Waals surface area contributed by atoms with Crippen molar-refractivity contribution >= 4 is 27.3 Å². The Labute approximate surface area is 126 Å². The average Bonchev–Trinajstić information content (AvgIpc) is 2.91. The lowest BCUT2D eigenvalue weighted by molar-refractivity contribution is 0.241. The molecule has 0 saturated heterocycles. The van der Waals surface area contributed by atoms with Gasteiger partial charge in [0.05, 0.1) is 16.0 Å². The monoisotopic (exact) mass is 342 g/mol. The predicted octanol–water partition coefficient (Wildman–Crippen LogP) is 2.68. The normalized spacial score (nSPS) is 13.2. The van der Waals surface area contributed by atoms with Crippen LogP contribution in [0.2, 0.25) is 0 Å². The van der Waals surface area contributed by atoms with Gasteiger partial charge in [0, 0.05) is 31.4 Å². The van der Waals surface area contributed by atoms with Crippen LogP contribution in [0.15, 0.2) is 21.4 Å². The lowest BCUT2D eigenvalue weighted by Gasteiger charge is -2.26. The van der Waals surface area contributed by atoms with Gasteiger partial charge >= 0.3 is 0 Å². The molecule has 0 aliphatic carbocycles. The summed E-state index contributed by atoms with van der Waals surface area (Å²) in [6.45, 7) is 3.56. The number of likely N-dealkylation sites (N-methyl/N-ethyl adjacent to an activating group) is 1. The van der Waals surface area contributed by atoms with E-state index in [1.54, 1.807) is 11.3 Å². The van der Waals surface area contributed by atoms with Crippen LogP contribution in [0.25, 0.3) is 0 Å². The number of thiophene rings is 1. The van der Waals surface area contributed by atoms with Crippen molar-refractivity contribution in [3.8, 4) is 0 Å². The third-order valence-corrected chi connectivity index (χ3v) is 4.99. The van der Waals surface area contributed by atoms with Crippen LogP contribution in [0.1, 0.15) is 22.9 Å². The van der Waals surface area contributed by atoms with Crippen molar-refractivity contribution in [3.63, 3.8) is 0 Å². The number of nitrogens with zero attached hydrogens (tertiary/aromatic N) is 3. The summed E-state index contributed by atoms with van der Waals surface area (Å²) < 4.78 is 3.06. The highest BCUT2D eigenvalue weighted by Gasteiger charge is 2.20. The first-order chi connectivity index (χ1) is 9.02. The highest BCUT2D eigenvalue weighted by atomic mass is 79.9. The van der Waals surface area contributed by atoms with Crippen molar-refractivity contribution in [2.45, 2.75) is 19.5 Å². The Morgan fingerprint density at radius 3 is 2.79 bits per heavy atom. The molecule has 0 aliphatic rings. The molecule has 4 nitrogen and oxygen atoms in total. The summed E-state index contributed by atoms with van der Waals surface area (Å²) in [5, 5.41) is 6.48. The predicted molar refractivity (Wildman–Crippen MR) is 83.2 cm³/mol. The Morgan fingerprint density at radius 2 is 2.32 bits per heavy atom. The van der Waals surface area contributed by atoms with Crippen LogP contribution in [0.3, 0.4) is 0 Å². The SMILES string of the molecule is Cc1c(C(CN)N(C)Cc2csc(Br)c2)cnn1C. The minimum absolute atomic E-state index is 0.201. The fraction of sp³-hybridized carbons (Fsp3) is 0.462. The van der Waals surface area contributed by atoms with E-state index in [2.05, 4.69) is 51.3 Å². The molecule has 2 N–H and O–H groups in total. The first-order valence-electron chi connectivity index (χ1n) is 6.14. The maximum absolute atomic E-state index is 5.96. The molecule has 0 spiro atoms. The van der Waals surface area contributed by atoms with Crippen molar-refractivity contribution < 1.29 is 0 Å². The molecule has 2 heterocycles. The van der Waals surface area contributed by atoms with Crippen LogP contribution >= 0.6 is 27.3 Å². The Bertz CT molecular complexity index is 549. The fourth-order valence-corrected chi connectivity index (χ4v) is 3.41. The summed E-state index contributed by atoms with van der Waals surface area (Å²) in [6, 6.07) is 2.36. The van der Waals surface area contributed by atoms with Crippen LogP contribution in [0, 0.1) is 6.92 Å². The standard InChI is InChI=1S/C13H19BrN4S/c1-9-11(6-16-18(9)3)12(5-15)17(2)7-10-4-13(14)19-8-10/h4,6,8,12H,5,7,15H2,1-3H3. The minimum Gasteiger partial charge on any atom is -0.329 e. The Balaban J connectivity index is 2.15. The quantitative estimate of drug-likeness (QED) is 0.908. The minimum atomic E-state index is 0.201. The Hall–Kier alpha value is -0.690. The smallest absolute Gasteiger partial charge is 0.0701 e. The van der Waals surface area contributed by atoms with E-state index in [0.717, 1.165) is 10.3 Å². The molecule has 2 rings (SSSR count). The number of halogens is 1. The van der Waals surface area contributed by atoms with Gasteiger partial charge in [-0.1, -0.05) is 0 Å². The highest BCUT2D eigenvalue weighted by Crippen LogP contribution is 2.26. The van der Waals surface area contributed by atoms with Gasteiger partial charge in [0.25, 0.3) is 0 Å². The molecule has 1 unspecified atom stereocenters. The fourth-order valence-electron chi connectivity index (χ4n) is 2.21. The van der Waals surface area contributed by atoms with Crippen molar-refractivity contribution in [1.29, 1.82) is 0 Å². The van der Waals surface area contributed by atoms with E-state index in [0.29, 0.717) is 6.54 Å². The van der Waals surface area contributed by atoms with Gasteiger partial charge in [0.1, 0.15) is 0 Å². The zero-order chi connectivity index (χ0) is 14.0. The molecule has 0 fully saturated rings. The molecule has 0 saturated carbocycles.